The maximum atomic E-state index is 13.2. The molecule has 178 valence electrons. The first-order chi connectivity index (χ1) is 16.5. The monoisotopic (exact) mass is 512 g/mol. The molecule has 0 unspecified atom stereocenters. The predicted molar refractivity (Wildman–Crippen MR) is 132 cm³/mol. The van der Waals surface area contributed by atoms with Gasteiger partial charge in [0.1, 0.15) is 5.57 Å². The van der Waals surface area contributed by atoms with Gasteiger partial charge in [0.15, 0.2) is 0 Å². The van der Waals surface area contributed by atoms with E-state index < -0.39 is 22.8 Å². The van der Waals surface area contributed by atoms with Crippen LogP contribution in [0, 0.1) is 30.9 Å². The number of aryl methyl sites for hydroxylation is 2. The Morgan fingerprint density at radius 3 is 2.37 bits per heavy atom. The Morgan fingerprint density at radius 2 is 1.71 bits per heavy atom. The fraction of sp³-hybridized carbons (Fsp3) is 0.125. The van der Waals surface area contributed by atoms with Crippen molar-refractivity contribution >= 4 is 58.5 Å². The number of carbonyl (C=O) groups is 3. The van der Waals surface area contributed by atoms with E-state index in [-0.39, 0.29) is 27.0 Å². The number of carbonyl (C=O) groups excluding carboxylic acids is 3. The average molecular weight is 513 g/mol. The van der Waals surface area contributed by atoms with Gasteiger partial charge in [0.2, 0.25) is 0 Å². The fourth-order valence-corrected chi connectivity index (χ4v) is 4.39. The average Bonchev–Trinajstić information content (AvgIpc) is 3.06. The van der Waals surface area contributed by atoms with E-state index in [1.165, 1.54) is 36.4 Å². The molecule has 4 rings (SSSR count). The van der Waals surface area contributed by atoms with Gasteiger partial charge < -0.3 is 4.57 Å². The highest BCUT2D eigenvalue weighted by Crippen LogP contribution is 2.35. The van der Waals surface area contributed by atoms with E-state index in [1.54, 1.807) is 26.0 Å². The predicted octanol–water partition coefficient (Wildman–Crippen LogP) is 5.28. The smallest absolute Gasteiger partial charge is 0.318 e. The van der Waals surface area contributed by atoms with Gasteiger partial charge in [-0.05, 0) is 62.2 Å². The lowest BCUT2D eigenvalue weighted by Gasteiger charge is -2.27. The third kappa shape index (κ3) is 4.20. The first kappa shape index (κ1) is 24.2. The molecule has 9 nitrogen and oxygen atoms in total. The standard InChI is InChI=1S/C24H18Cl2N4O5/c1-12-9-16(30(34)35)7-8-19(12)28-13(2)10-15(14(28)3)11-17-22(31)27-24(33)29(23(17)32)20-6-4-5-18(25)21(20)26/h4-11H,1-3H3,(H,27,31,33). The van der Waals surface area contributed by atoms with Gasteiger partial charge in [-0.25, -0.2) is 9.69 Å². The van der Waals surface area contributed by atoms with Crippen LogP contribution in [0.5, 0.6) is 0 Å². The number of hydrogen-bond acceptors (Lipinski definition) is 5. The molecule has 1 saturated heterocycles. The van der Waals surface area contributed by atoms with Gasteiger partial charge in [-0.3, -0.25) is 25.0 Å². The number of nitro benzene ring substituents is 1. The molecule has 1 aromatic heterocycles. The number of imide groups is 2. The minimum atomic E-state index is -0.937. The van der Waals surface area contributed by atoms with E-state index in [9.17, 15) is 24.5 Å². The molecule has 0 atom stereocenters. The number of rotatable bonds is 4. The van der Waals surface area contributed by atoms with Crippen molar-refractivity contribution in [2.75, 3.05) is 4.90 Å². The van der Waals surface area contributed by atoms with Crippen molar-refractivity contribution in [3.05, 3.63) is 90.7 Å². The zero-order valence-electron chi connectivity index (χ0n) is 18.8. The number of halogens is 2. The van der Waals surface area contributed by atoms with Crippen molar-refractivity contribution in [3.63, 3.8) is 0 Å². The summed E-state index contributed by atoms with van der Waals surface area (Å²) in [6, 6.07) is 9.86. The Balaban J connectivity index is 1.79. The highest BCUT2D eigenvalue weighted by Gasteiger charge is 2.38. The van der Waals surface area contributed by atoms with Crippen LogP contribution in [0.15, 0.2) is 48.0 Å². The summed E-state index contributed by atoms with van der Waals surface area (Å²) in [4.78, 5) is 49.7. The van der Waals surface area contributed by atoms with E-state index >= 15 is 0 Å². The van der Waals surface area contributed by atoms with Crippen LogP contribution in [0.4, 0.5) is 16.2 Å². The van der Waals surface area contributed by atoms with E-state index in [0.717, 1.165) is 16.3 Å². The Hall–Kier alpha value is -3.95. The molecule has 35 heavy (non-hydrogen) atoms. The topological polar surface area (TPSA) is 115 Å². The van der Waals surface area contributed by atoms with E-state index in [0.29, 0.717) is 16.8 Å². The van der Waals surface area contributed by atoms with Crippen molar-refractivity contribution in [2.24, 2.45) is 0 Å². The Bertz CT molecular complexity index is 1470. The third-order valence-corrected chi connectivity index (χ3v) is 6.48. The lowest BCUT2D eigenvalue weighted by atomic mass is 10.1. The SMILES string of the molecule is Cc1cc([N+](=O)[O-])ccc1-n1c(C)cc(C=C2C(=O)NC(=O)N(c3cccc(Cl)c3Cl)C2=O)c1C. The van der Waals surface area contributed by atoms with Crippen LogP contribution in [0.1, 0.15) is 22.5 Å². The van der Waals surface area contributed by atoms with Crippen molar-refractivity contribution < 1.29 is 19.3 Å². The number of non-ortho nitro benzene ring substituents is 1. The first-order valence-electron chi connectivity index (χ1n) is 10.3. The quantitative estimate of drug-likeness (QED) is 0.221. The number of nitrogens with one attached hydrogen (secondary N) is 1. The Kier molecular flexibility index (Phi) is 6.23. The molecule has 1 N–H and O–H groups in total. The van der Waals surface area contributed by atoms with Crippen molar-refractivity contribution in [1.82, 2.24) is 9.88 Å². The minimum absolute atomic E-state index is 0.00168. The van der Waals surface area contributed by atoms with Gasteiger partial charge >= 0.3 is 6.03 Å². The highest BCUT2D eigenvalue weighted by atomic mass is 35.5. The molecular formula is C24H18Cl2N4O5. The normalized spacial score (nSPS) is 15.1. The molecule has 1 aliphatic heterocycles. The summed E-state index contributed by atoms with van der Waals surface area (Å²) in [7, 11) is 0. The first-order valence-corrected chi connectivity index (χ1v) is 11.1. The number of urea groups is 1. The molecule has 2 aromatic carbocycles. The zero-order chi connectivity index (χ0) is 25.6. The molecule has 1 aliphatic rings. The molecule has 4 amide bonds. The van der Waals surface area contributed by atoms with Gasteiger partial charge in [0.05, 0.1) is 20.7 Å². The van der Waals surface area contributed by atoms with Crippen molar-refractivity contribution in [1.29, 1.82) is 0 Å². The number of barbiturate groups is 1. The lowest BCUT2D eigenvalue weighted by molar-refractivity contribution is -0.384. The number of hydrogen-bond donors (Lipinski definition) is 1. The second kappa shape index (κ2) is 9.01. The molecule has 3 aromatic rings. The summed E-state index contributed by atoms with van der Waals surface area (Å²) in [6.45, 7) is 5.39. The van der Waals surface area contributed by atoms with Crippen LogP contribution in [0.25, 0.3) is 11.8 Å². The van der Waals surface area contributed by atoms with Crippen LogP contribution < -0.4 is 10.2 Å². The van der Waals surface area contributed by atoms with Gasteiger partial charge in [0.25, 0.3) is 17.5 Å². The highest BCUT2D eigenvalue weighted by molar-refractivity contribution is 6.46. The molecule has 0 spiro atoms. The van der Waals surface area contributed by atoms with E-state index in [2.05, 4.69) is 5.32 Å². The number of amides is 4. The Labute approximate surface area is 209 Å². The summed E-state index contributed by atoms with van der Waals surface area (Å²) in [6.07, 6.45) is 1.40. The maximum Gasteiger partial charge on any atom is 0.336 e. The van der Waals surface area contributed by atoms with Crippen LogP contribution in [-0.4, -0.2) is 27.3 Å². The molecule has 0 bridgehead atoms. The molecular weight excluding hydrogens is 495 g/mol. The Morgan fingerprint density at radius 1 is 1.00 bits per heavy atom. The van der Waals surface area contributed by atoms with Crippen LogP contribution in [0.2, 0.25) is 10.0 Å². The largest absolute Gasteiger partial charge is 0.336 e. The second-order valence-corrected chi connectivity index (χ2v) is 8.71. The van der Waals surface area contributed by atoms with E-state index in [4.69, 9.17) is 23.2 Å². The molecule has 2 heterocycles. The second-order valence-electron chi connectivity index (χ2n) is 7.92. The zero-order valence-corrected chi connectivity index (χ0v) is 20.3. The van der Waals surface area contributed by atoms with E-state index in [1.807, 2.05) is 11.5 Å². The van der Waals surface area contributed by atoms with Crippen LogP contribution in [0.3, 0.4) is 0 Å². The summed E-state index contributed by atoms with van der Waals surface area (Å²) in [5.41, 5.74) is 3.19. The van der Waals surface area contributed by atoms with Gasteiger partial charge in [-0.2, -0.15) is 0 Å². The molecule has 0 radical (unpaired) electrons. The molecule has 0 aliphatic carbocycles. The fourth-order valence-electron chi connectivity index (χ4n) is 4.01. The van der Waals surface area contributed by atoms with Crippen molar-refractivity contribution in [3.8, 4) is 5.69 Å². The van der Waals surface area contributed by atoms with Gasteiger partial charge in [-0.1, -0.05) is 29.3 Å². The van der Waals surface area contributed by atoms with Crippen molar-refractivity contribution in [2.45, 2.75) is 20.8 Å². The van der Waals surface area contributed by atoms with Gasteiger partial charge in [-0.15, -0.1) is 0 Å². The van der Waals surface area contributed by atoms with Crippen LogP contribution >= 0.6 is 23.2 Å². The molecule has 11 heteroatoms. The number of benzene rings is 2. The summed E-state index contributed by atoms with van der Waals surface area (Å²) < 4.78 is 1.87. The number of nitro groups is 1. The number of nitrogens with zero attached hydrogens (tertiary/aromatic N) is 3. The maximum absolute atomic E-state index is 13.2. The van der Waals surface area contributed by atoms with Crippen LogP contribution in [-0.2, 0) is 9.59 Å². The molecule has 1 fully saturated rings. The molecule has 0 saturated carbocycles. The number of anilines is 1. The summed E-state index contributed by atoms with van der Waals surface area (Å²) in [5, 5.41) is 13.4. The summed E-state index contributed by atoms with van der Waals surface area (Å²) >= 11 is 12.2. The summed E-state index contributed by atoms with van der Waals surface area (Å²) in [5.74, 6) is -1.69. The third-order valence-electron chi connectivity index (χ3n) is 5.68. The number of aromatic nitrogens is 1. The van der Waals surface area contributed by atoms with Gasteiger partial charge in [0, 0.05) is 29.2 Å². The lowest BCUT2D eigenvalue weighted by Crippen LogP contribution is -2.54. The minimum Gasteiger partial charge on any atom is -0.318 e.